The van der Waals surface area contributed by atoms with E-state index < -0.39 is 0 Å². The molecule has 0 radical (unpaired) electrons. The number of benzene rings is 2. The number of hydrogen-bond donors (Lipinski definition) is 1. The van der Waals surface area contributed by atoms with Crippen LogP contribution in [0.1, 0.15) is 10.4 Å². The van der Waals surface area contributed by atoms with Gasteiger partial charge in [-0.15, -0.1) is 5.10 Å². The number of amides is 1. The van der Waals surface area contributed by atoms with Crippen molar-refractivity contribution in [1.82, 2.24) is 20.2 Å². The highest BCUT2D eigenvalue weighted by Gasteiger charge is 2.14. The topological polar surface area (TPSA) is 91.2 Å². The third-order valence-corrected chi connectivity index (χ3v) is 3.39. The second kappa shape index (κ2) is 6.78. The Morgan fingerprint density at radius 3 is 2.58 bits per heavy atom. The number of carbonyl (C=O) groups excluding carboxylic acids is 1. The van der Waals surface area contributed by atoms with Crippen molar-refractivity contribution in [3.8, 4) is 17.2 Å². The van der Waals surface area contributed by atoms with Crippen LogP contribution in [0.3, 0.4) is 0 Å². The molecule has 1 aromatic heterocycles. The Balaban J connectivity index is 1.88. The highest BCUT2D eigenvalue weighted by molar-refractivity contribution is 6.05. The first-order valence-electron chi connectivity index (χ1n) is 7.08. The van der Waals surface area contributed by atoms with Crippen molar-refractivity contribution in [3.05, 3.63) is 54.4 Å². The molecule has 3 rings (SSSR count). The zero-order valence-electron chi connectivity index (χ0n) is 13.1. The number of rotatable bonds is 5. The van der Waals surface area contributed by atoms with E-state index in [-0.39, 0.29) is 5.91 Å². The van der Waals surface area contributed by atoms with E-state index in [2.05, 4.69) is 20.8 Å². The summed E-state index contributed by atoms with van der Waals surface area (Å²) in [6.45, 7) is 0. The first-order chi connectivity index (χ1) is 11.7. The minimum absolute atomic E-state index is 0.277. The van der Waals surface area contributed by atoms with Crippen molar-refractivity contribution in [2.75, 3.05) is 19.5 Å². The summed E-state index contributed by atoms with van der Waals surface area (Å²) in [5.41, 5.74) is 1.67. The van der Waals surface area contributed by atoms with Crippen LogP contribution < -0.4 is 14.8 Å². The predicted molar refractivity (Wildman–Crippen MR) is 86.7 cm³/mol. The number of ether oxygens (including phenoxy) is 2. The van der Waals surface area contributed by atoms with Gasteiger partial charge < -0.3 is 14.8 Å². The molecule has 1 N–H and O–H groups in total. The molecule has 0 fully saturated rings. The highest BCUT2D eigenvalue weighted by Crippen LogP contribution is 2.26. The predicted octanol–water partition coefficient (Wildman–Crippen LogP) is 1.93. The Morgan fingerprint density at radius 1 is 1.08 bits per heavy atom. The maximum Gasteiger partial charge on any atom is 0.255 e. The summed E-state index contributed by atoms with van der Waals surface area (Å²) in [4.78, 5) is 12.5. The molecule has 122 valence electrons. The van der Waals surface area contributed by atoms with E-state index in [0.717, 1.165) is 0 Å². The van der Waals surface area contributed by atoms with Crippen LogP contribution in [0.5, 0.6) is 11.5 Å². The van der Waals surface area contributed by atoms with Crippen molar-refractivity contribution < 1.29 is 14.3 Å². The summed E-state index contributed by atoms with van der Waals surface area (Å²) in [5.74, 6) is 0.791. The first-order valence-corrected chi connectivity index (χ1v) is 7.08. The molecule has 0 saturated heterocycles. The van der Waals surface area contributed by atoms with Crippen LogP contribution in [-0.2, 0) is 0 Å². The average molecular weight is 325 g/mol. The van der Waals surface area contributed by atoms with Crippen LogP contribution in [0.15, 0.2) is 48.8 Å². The van der Waals surface area contributed by atoms with Crippen LogP contribution in [0.25, 0.3) is 5.69 Å². The number of methoxy groups -OCH3 is 2. The third-order valence-electron chi connectivity index (χ3n) is 3.39. The van der Waals surface area contributed by atoms with E-state index in [4.69, 9.17) is 9.47 Å². The molecule has 3 aromatic rings. The van der Waals surface area contributed by atoms with Gasteiger partial charge in [0.05, 0.1) is 19.9 Å². The Labute approximate surface area is 138 Å². The monoisotopic (exact) mass is 325 g/mol. The van der Waals surface area contributed by atoms with Crippen LogP contribution in [-0.4, -0.2) is 40.3 Å². The van der Waals surface area contributed by atoms with Crippen LogP contribution in [0, 0.1) is 0 Å². The van der Waals surface area contributed by atoms with Crippen molar-refractivity contribution in [3.63, 3.8) is 0 Å². The van der Waals surface area contributed by atoms with Crippen molar-refractivity contribution >= 4 is 11.6 Å². The van der Waals surface area contributed by atoms with Crippen molar-refractivity contribution in [2.45, 2.75) is 0 Å². The number of hydrogen-bond acceptors (Lipinski definition) is 6. The van der Waals surface area contributed by atoms with Gasteiger partial charge >= 0.3 is 0 Å². The lowest BCUT2D eigenvalue weighted by Crippen LogP contribution is -2.13. The van der Waals surface area contributed by atoms with E-state index in [1.54, 1.807) is 37.4 Å². The molecule has 8 nitrogen and oxygen atoms in total. The summed E-state index contributed by atoms with van der Waals surface area (Å²) < 4.78 is 12.0. The standard InChI is InChI=1S/C16H15N5O3/c1-23-14-6-4-3-5-12(14)18-16(22)11-7-8-13(15(9-11)24-2)21-10-17-19-20-21/h3-10H,1-2H3,(H,18,22). The number of anilines is 1. The first kappa shape index (κ1) is 15.5. The van der Waals surface area contributed by atoms with Gasteiger partial charge in [0.15, 0.2) is 0 Å². The fraction of sp³-hybridized carbons (Fsp3) is 0.125. The number of aromatic nitrogens is 4. The van der Waals surface area contributed by atoms with Gasteiger partial charge in [-0.1, -0.05) is 12.1 Å². The number of tetrazole rings is 1. The van der Waals surface area contributed by atoms with Gasteiger partial charge in [0.25, 0.3) is 5.91 Å². The molecule has 1 amide bonds. The van der Waals surface area contributed by atoms with E-state index in [1.807, 2.05) is 12.1 Å². The van der Waals surface area contributed by atoms with Gasteiger partial charge in [-0.25, -0.2) is 0 Å². The highest BCUT2D eigenvalue weighted by atomic mass is 16.5. The number of nitrogens with one attached hydrogen (secondary N) is 1. The molecule has 0 unspecified atom stereocenters. The summed E-state index contributed by atoms with van der Waals surface area (Å²) in [5, 5.41) is 13.8. The van der Waals surface area contributed by atoms with Gasteiger partial charge in [-0.3, -0.25) is 4.79 Å². The maximum absolute atomic E-state index is 12.5. The number of para-hydroxylation sites is 2. The number of nitrogens with zero attached hydrogens (tertiary/aromatic N) is 4. The Kier molecular flexibility index (Phi) is 4.37. The minimum Gasteiger partial charge on any atom is -0.495 e. The van der Waals surface area contributed by atoms with Crippen LogP contribution in [0.2, 0.25) is 0 Å². The largest absolute Gasteiger partial charge is 0.495 e. The lowest BCUT2D eigenvalue weighted by Gasteiger charge is -2.12. The lowest BCUT2D eigenvalue weighted by molar-refractivity contribution is 0.102. The summed E-state index contributed by atoms with van der Waals surface area (Å²) in [6, 6.07) is 12.2. The molecular weight excluding hydrogens is 310 g/mol. The fourth-order valence-electron chi connectivity index (χ4n) is 2.22. The van der Waals surface area contributed by atoms with Crippen LogP contribution in [0.4, 0.5) is 5.69 Å². The SMILES string of the molecule is COc1ccccc1NC(=O)c1ccc(-n2cnnn2)c(OC)c1. The molecule has 0 bridgehead atoms. The smallest absolute Gasteiger partial charge is 0.255 e. The average Bonchev–Trinajstić information content (AvgIpc) is 3.16. The molecule has 2 aromatic carbocycles. The minimum atomic E-state index is -0.277. The van der Waals surface area contributed by atoms with Gasteiger partial charge in [-0.05, 0) is 40.8 Å². The Hall–Kier alpha value is -3.42. The van der Waals surface area contributed by atoms with Gasteiger partial charge in [0.1, 0.15) is 23.5 Å². The van der Waals surface area contributed by atoms with E-state index in [1.165, 1.54) is 18.1 Å². The molecule has 0 aliphatic rings. The zero-order valence-corrected chi connectivity index (χ0v) is 13.1. The molecule has 0 spiro atoms. The zero-order chi connectivity index (χ0) is 16.9. The van der Waals surface area contributed by atoms with Crippen molar-refractivity contribution in [1.29, 1.82) is 0 Å². The fourth-order valence-corrected chi connectivity index (χ4v) is 2.22. The summed E-state index contributed by atoms with van der Waals surface area (Å²) >= 11 is 0. The quantitative estimate of drug-likeness (QED) is 0.771. The van der Waals surface area contributed by atoms with E-state index >= 15 is 0 Å². The molecule has 8 heteroatoms. The molecule has 0 saturated carbocycles. The molecular formula is C16H15N5O3. The third kappa shape index (κ3) is 3.02. The molecule has 1 heterocycles. The van der Waals surface area contributed by atoms with Crippen molar-refractivity contribution in [2.24, 2.45) is 0 Å². The molecule has 24 heavy (non-hydrogen) atoms. The number of carbonyl (C=O) groups is 1. The summed E-state index contributed by atoms with van der Waals surface area (Å²) in [7, 11) is 3.07. The van der Waals surface area contributed by atoms with E-state index in [9.17, 15) is 4.79 Å². The van der Waals surface area contributed by atoms with E-state index in [0.29, 0.717) is 28.4 Å². The summed E-state index contributed by atoms with van der Waals surface area (Å²) in [6.07, 6.45) is 1.45. The lowest BCUT2D eigenvalue weighted by atomic mass is 10.1. The Bertz CT molecular complexity index is 849. The normalized spacial score (nSPS) is 10.2. The maximum atomic E-state index is 12.5. The second-order valence-electron chi connectivity index (χ2n) is 4.80. The van der Waals surface area contributed by atoms with Gasteiger partial charge in [0.2, 0.25) is 0 Å². The van der Waals surface area contributed by atoms with Gasteiger partial charge in [-0.2, -0.15) is 4.68 Å². The Morgan fingerprint density at radius 2 is 1.88 bits per heavy atom. The molecule has 0 aliphatic carbocycles. The second-order valence-corrected chi connectivity index (χ2v) is 4.80. The van der Waals surface area contributed by atoms with Gasteiger partial charge in [0, 0.05) is 5.56 Å². The van der Waals surface area contributed by atoms with Crippen LogP contribution >= 0.6 is 0 Å². The molecule has 0 aliphatic heterocycles. The molecule has 0 atom stereocenters.